The minimum atomic E-state index is -5.26. The minimum Gasteiger partial charge on any atom is -0.463 e. The Bertz CT molecular complexity index is 1820. The Balaban J connectivity index is 0.970. The number of Topliss-reactive ketones (excluding diaryl/α,β-unsaturated/α-hetero) is 1. The standard InChI is InChI=1S/C35H58N6O19P2S/c36-32-22(19-41(35(47)40-32)33-30(45)31(60-62(51,52)53)25(59-33)20-58-61(48,49)50)5-3-11-37-27(43)9-10-28(44)57-18-17-56-16-15-55-14-13-54-12-4-7-23(42)6-1-2-8-26-29-24(21-63-26)38-34(46)39-29/h19,24-26,29-31,33,45H,1-18,20-21H2,(H,37,43)(H2,36,40,47)(H2,38,39,46)(H2,48,49,50)(H2,51,52,53)/t24-,25+,26-,29-,30-,31?,33+/m0/s1. The van der Waals surface area contributed by atoms with Gasteiger partial charge in [-0.15, -0.1) is 0 Å². The van der Waals surface area contributed by atoms with Crippen LogP contribution in [0.4, 0.5) is 10.6 Å². The Labute approximate surface area is 366 Å². The molecule has 0 aromatic carbocycles. The van der Waals surface area contributed by atoms with Crippen molar-refractivity contribution in [2.24, 2.45) is 0 Å². The number of ketones is 1. The zero-order valence-corrected chi connectivity index (χ0v) is 37.1. The summed E-state index contributed by atoms with van der Waals surface area (Å²) in [5.41, 5.74) is 5.13. The summed E-state index contributed by atoms with van der Waals surface area (Å²) in [6.07, 6.45) is -1.38. The lowest BCUT2D eigenvalue weighted by atomic mass is 10.0. The van der Waals surface area contributed by atoms with Gasteiger partial charge in [0.1, 0.15) is 36.5 Å². The molecule has 4 rings (SSSR count). The number of phosphoric ester groups is 2. The fourth-order valence-electron chi connectivity index (χ4n) is 6.89. The molecule has 4 heterocycles. The molecule has 1 aromatic heterocycles. The average Bonchev–Trinajstić information content (AvgIpc) is 3.86. The minimum absolute atomic E-state index is 0.0141. The average molecular weight is 961 g/mol. The van der Waals surface area contributed by atoms with Crippen molar-refractivity contribution in [1.82, 2.24) is 25.5 Å². The number of anilines is 1. The van der Waals surface area contributed by atoms with Crippen LogP contribution in [0, 0.1) is 0 Å². The van der Waals surface area contributed by atoms with Gasteiger partial charge in [0.2, 0.25) is 5.91 Å². The van der Waals surface area contributed by atoms with Gasteiger partial charge in [0.15, 0.2) is 6.23 Å². The summed E-state index contributed by atoms with van der Waals surface area (Å²) >= 11 is 1.88. The van der Waals surface area contributed by atoms with Gasteiger partial charge < -0.3 is 70.0 Å². The first kappa shape index (κ1) is 52.6. The van der Waals surface area contributed by atoms with Gasteiger partial charge in [-0.1, -0.05) is 6.42 Å². The molecule has 0 spiro atoms. The number of carbonyl (C=O) groups is 4. The van der Waals surface area contributed by atoms with E-state index in [0.717, 1.165) is 29.6 Å². The van der Waals surface area contributed by atoms with Crippen LogP contribution in [-0.4, -0.2) is 159 Å². The molecule has 7 atom stereocenters. The number of hydrogen-bond acceptors (Lipinski definition) is 18. The molecule has 3 aliphatic rings. The maximum absolute atomic E-state index is 12.7. The molecule has 3 fully saturated rings. The van der Waals surface area contributed by atoms with Crippen molar-refractivity contribution in [3.05, 3.63) is 22.2 Å². The second-order valence-corrected chi connectivity index (χ2v) is 18.5. The van der Waals surface area contributed by atoms with Gasteiger partial charge in [-0.2, -0.15) is 16.7 Å². The van der Waals surface area contributed by atoms with Gasteiger partial charge in [0, 0.05) is 55.2 Å². The van der Waals surface area contributed by atoms with Crippen LogP contribution < -0.4 is 27.4 Å². The zero-order chi connectivity index (χ0) is 46.0. The highest BCUT2D eigenvalue weighted by Crippen LogP contribution is 2.45. The Morgan fingerprint density at radius 1 is 0.905 bits per heavy atom. The number of phosphoric acid groups is 2. The van der Waals surface area contributed by atoms with Crippen molar-refractivity contribution >= 4 is 56.9 Å². The van der Waals surface area contributed by atoms with Crippen LogP contribution in [-0.2, 0) is 62.7 Å². The Morgan fingerprint density at radius 2 is 1.59 bits per heavy atom. The van der Waals surface area contributed by atoms with Gasteiger partial charge in [0.25, 0.3) is 0 Å². The number of unbranched alkanes of at least 4 members (excludes halogenated alkanes) is 1. The summed E-state index contributed by atoms with van der Waals surface area (Å²) < 4.78 is 59.2. The molecule has 0 radical (unpaired) electrons. The summed E-state index contributed by atoms with van der Waals surface area (Å²) in [6.45, 7) is 1.06. The van der Waals surface area contributed by atoms with Crippen LogP contribution in [0.15, 0.2) is 11.0 Å². The van der Waals surface area contributed by atoms with E-state index in [1.165, 1.54) is 6.20 Å². The first-order valence-corrected chi connectivity index (χ1v) is 24.5. The molecule has 28 heteroatoms. The van der Waals surface area contributed by atoms with Gasteiger partial charge in [-0.3, -0.25) is 28.0 Å². The number of aliphatic hydroxyl groups is 1. The molecular weight excluding hydrogens is 902 g/mol. The number of aliphatic hydroxyl groups excluding tert-OH is 1. The highest BCUT2D eigenvalue weighted by atomic mass is 32.2. The molecule has 1 aromatic rings. The second-order valence-electron chi connectivity index (χ2n) is 14.8. The maximum atomic E-state index is 12.7. The topological polar surface area (TPSA) is 365 Å². The summed E-state index contributed by atoms with van der Waals surface area (Å²) in [4.78, 5) is 101. The summed E-state index contributed by atoms with van der Waals surface area (Å²) in [7, 11) is -10.3. The highest BCUT2D eigenvalue weighted by molar-refractivity contribution is 8.00. The van der Waals surface area contributed by atoms with Crippen LogP contribution in [0.2, 0.25) is 0 Å². The molecule has 25 nitrogen and oxygen atoms in total. The normalized spacial score (nSPS) is 23.3. The van der Waals surface area contributed by atoms with Crippen molar-refractivity contribution in [2.75, 3.05) is 70.9 Å². The quantitative estimate of drug-likeness (QED) is 0.0190. The monoisotopic (exact) mass is 960 g/mol. The van der Waals surface area contributed by atoms with E-state index < -0.39 is 64.4 Å². The van der Waals surface area contributed by atoms with Gasteiger partial charge in [-0.25, -0.2) is 18.7 Å². The van der Waals surface area contributed by atoms with E-state index in [1.54, 1.807) is 0 Å². The predicted molar refractivity (Wildman–Crippen MR) is 220 cm³/mol. The van der Waals surface area contributed by atoms with Gasteiger partial charge in [0.05, 0.1) is 58.1 Å². The first-order valence-electron chi connectivity index (χ1n) is 20.4. The third kappa shape index (κ3) is 19.1. The van der Waals surface area contributed by atoms with Crippen molar-refractivity contribution in [3.63, 3.8) is 0 Å². The van der Waals surface area contributed by atoms with Crippen molar-refractivity contribution in [2.45, 2.75) is 106 Å². The van der Waals surface area contributed by atoms with Crippen molar-refractivity contribution < 1.29 is 85.7 Å². The lowest BCUT2D eigenvalue weighted by molar-refractivity contribution is -0.146. The van der Waals surface area contributed by atoms with E-state index in [4.69, 9.17) is 39.2 Å². The van der Waals surface area contributed by atoms with Crippen LogP contribution in [0.5, 0.6) is 0 Å². The number of urea groups is 1. The number of aryl methyl sites for hydroxylation is 1. The Hall–Kier alpha value is -3.07. The molecule has 63 heavy (non-hydrogen) atoms. The zero-order valence-electron chi connectivity index (χ0n) is 34.5. The van der Waals surface area contributed by atoms with E-state index in [1.807, 2.05) is 11.8 Å². The molecule has 10 N–H and O–H groups in total. The number of amides is 3. The third-order valence-corrected chi connectivity index (χ3v) is 12.4. The number of nitrogen functional groups attached to an aromatic ring is 1. The molecular formula is C35H58N6O19P2S. The molecule has 3 aliphatic heterocycles. The highest BCUT2D eigenvalue weighted by Gasteiger charge is 2.49. The van der Waals surface area contributed by atoms with Crippen LogP contribution in [0.3, 0.4) is 0 Å². The van der Waals surface area contributed by atoms with Gasteiger partial charge in [-0.05, 0) is 32.1 Å². The third-order valence-electron chi connectivity index (χ3n) is 9.92. The van der Waals surface area contributed by atoms with E-state index in [0.29, 0.717) is 50.9 Å². The summed E-state index contributed by atoms with van der Waals surface area (Å²) in [5, 5.41) is 19.7. The number of carbonyl (C=O) groups excluding carboxylic acids is 4. The van der Waals surface area contributed by atoms with Crippen LogP contribution in [0.25, 0.3) is 0 Å². The van der Waals surface area contributed by atoms with E-state index in [2.05, 4.69) is 30.0 Å². The second kappa shape index (κ2) is 26.2. The Kier molecular flexibility index (Phi) is 21.8. The largest absolute Gasteiger partial charge is 0.470 e. The van der Waals surface area contributed by atoms with Crippen molar-refractivity contribution in [3.8, 4) is 0 Å². The molecule has 0 bridgehead atoms. The summed E-state index contributed by atoms with van der Waals surface area (Å²) in [5.74, 6) is -0.0579. The predicted octanol–water partition coefficient (Wildman–Crippen LogP) is -0.832. The number of thioether (sulfide) groups is 1. The van der Waals surface area contributed by atoms with Gasteiger partial charge >= 0.3 is 33.3 Å². The lowest BCUT2D eigenvalue weighted by Gasteiger charge is -2.21. The van der Waals surface area contributed by atoms with E-state index in [-0.39, 0.29) is 87.3 Å². The number of aromatic nitrogens is 2. The van der Waals surface area contributed by atoms with E-state index in [9.17, 15) is 48.0 Å². The van der Waals surface area contributed by atoms with Crippen molar-refractivity contribution in [1.29, 1.82) is 0 Å². The van der Waals surface area contributed by atoms with Crippen LogP contribution in [0.1, 0.15) is 69.6 Å². The molecule has 1 unspecified atom stereocenters. The number of nitrogens with two attached hydrogens (primary N) is 1. The number of hydrogen-bond donors (Lipinski definition) is 9. The molecule has 3 amide bonds. The molecule has 0 saturated carbocycles. The summed E-state index contributed by atoms with van der Waals surface area (Å²) in [6, 6.07) is 0.318. The molecule has 0 aliphatic carbocycles. The number of rotatable bonds is 31. The molecule has 358 valence electrons. The Morgan fingerprint density at radius 3 is 2.29 bits per heavy atom. The number of nitrogens with zero attached hydrogens (tertiary/aromatic N) is 2. The number of nitrogens with one attached hydrogen (secondary N) is 3. The first-order chi connectivity index (χ1) is 29.9. The SMILES string of the molecule is Nc1nc(=O)n([C@@H]2O[C@H](COP(=O)(O)O)C(OP(=O)(O)O)[C@@H]2O)cc1CCCNC(=O)CCC(=O)OCCOCCOCCOCCCC(=O)CCCC[C@@H]1SC[C@@H]2NC(=O)N[C@@H]21. The number of esters is 1. The number of ether oxygens (including phenoxy) is 5. The fourth-order valence-corrected chi connectivity index (χ4v) is 9.35. The molecule has 3 saturated heterocycles. The smallest absolute Gasteiger partial charge is 0.463 e. The maximum Gasteiger partial charge on any atom is 0.470 e. The fraction of sp³-hybridized carbons (Fsp3) is 0.771. The number of fused-ring (bicyclic) bond motifs is 1. The van der Waals surface area contributed by atoms with E-state index >= 15 is 0 Å². The van der Waals surface area contributed by atoms with Crippen LogP contribution >= 0.6 is 27.4 Å². The lowest BCUT2D eigenvalue weighted by Crippen LogP contribution is -2.38.